The van der Waals surface area contributed by atoms with Crippen LogP contribution in [0.3, 0.4) is 0 Å². The number of ether oxygens (including phenoxy) is 1. The van der Waals surface area contributed by atoms with Crippen LogP contribution in [-0.2, 0) is 0 Å². The van der Waals surface area contributed by atoms with Crippen molar-refractivity contribution in [3.8, 4) is 5.75 Å². The highest BCUT2D eigenvalue weighted by Gasteiger charge is 2.31. The zero-order valence-corrected chi connectivity index (χ0v) is 9.77. The molecule has 0 aliphatic carbocycles. The van der Waals surface area contributed by atoms with Gasteiger partial charge in [-0.2, -0.15) is 13.2 Å². The van der Waals surface area contributed by atoms with E-state index in [0.29, 0.717) is 5.56 Å². The van der Waals surface area contributed by atoms with Crippen LogP contribution < -0.4 is 10.1 Å². The number of rotatable bonds is 4. The van der Waals surface area contributed by atoms with E-state index in [9.17, 15) is 26.3 Å². The molecule has 0 heterocycles. The van der Waals surface area contributed by atoms with E-state index >= 15 is 0 Å². The Hall–Kier alpha value is -1.44. The predicted octanol–water partition coefficient (Wildman–Crippen LogP) is 3.80. The Morgan fingerprint density at radius 2 is 1.58 bits per heavy atom. The zero-order valence-electron chi connectivity index (χ0n) is 9.77. The van der Waals surface area contributed by atoms with E-state index in [0.717, 1.165) is 12.1 Å². The summed E-state index contributed by atoms with van der Waals surface area (Å²) in [4.78, 5) is 0. The molecule has 0 spiro atoms. The molecule has 1 atom stereocenters. The summed E-state index contributed by atoms with van der Waals surface area (Å²) >= 11 is 0. The van der Waals surface area contributed by atoms with Crippen molar-refractivity contribution in [1.29, 1.82) is 0 Å². The summed E-state index contributed by atoms with van der Waals surface area (Å²) in [5.74, 6) is -0.417. The fourth-order valence-electron chi connectivity index (χ4n) is 1.34. The highest BCUT2D eigenvalue weighted by molar-refractivity contribution is 5.29. The van der Waals surface area contributed by atoms with Crippen molar-refractivity contribution in [3.63, 3.8) is 0 Å². The third-order valence-corrected chi connectivity index (χ3v) is 2.22. The first-order valence-electron chi connectivity index (χ1n) is 5.23. The first-order chi connectivity index (χ1) is 8.57. The van der Waals surface area contributed by atoms with E-state index < -0.39 is 30.9 Å². The molecule has 0 fully saturated rings. The van der Waals surface area contributed by atoms with Gasteiger partial charge in [-0.3, -0.25) is 0 Å². The largest absolute Gasteiger partial charge is 0.573 e. The number of alkyl halides is 6. The van der Waals surface area contributed by atoms with E-state index in [2.05, 4.69) is 10.1 Å². The molecule has 1 aromatic carbocycles. The van der Waals surface area contributed by atoms with E-state index in [4.69, 9.17) is 0 Å². The quantitative estimate of drug-likeness (QED) is 0.850. The molecule has 1 unspecified atom stereocenters. The van der Waals surface area contributed by atoms with Crippen molar-refractivity contribution in [2.75, 3.05) is 6.54 Å². The van der Waals surface area contributed by atoms with Crippen molar-refractivity contribution in [2.45, 2.75) is 25.5 Å². The maximum Gasteiger partial charge on any atom is 0.573 e. The Morgan fingerprint density at radius 3 is 2.00 bits per heavy atom. The molecule has 1 aromatic rings. The second-order valence-electron chi connectivity index (χ2n) is 3.83. The SMILES string of the molecule is CC(NCC(F)(F)F)c1ccc(OC(F)(F)F)cc1. The zero-order chi connectivity index (χ0) is 14.7. The Morgan fingerprint density at radius 1 is 1.05 bits per heavy atom. The van der Waals surface area contributed by atoms with Crippen LogP contribution in [0.5, 0.6) is 5.75 Å². The molecular formula is C11H11F6NO. The van der Waals surface area contributed by atoms with Gasteiger partial charge in [0.25, 0.3) is 0 Å². The van der Waals surface area contributed by atoms with Gasteiger partial charge < -0.3 is 10.1 Å². The van der Waals surface area contributed by atoms with Crippen LogP contribution in [-0.4, -0.2) is 19.1 Å². The van der Waals surface area contributed by atoms with Gasteiger partial charge in [0.2, 0.25) is 0 Å². The molecule has 0 radical (unpaired) electrons. The van der Waals surface area contributed by atoms with Gasteiger partial charge in [-0.1, -0.05) is 12.1 Å². The first-order valence-corrected chi connectivity index (χ1v) is 5.23. The van der Waals surface area contributed by atoms with Crippen molar-refractivity contribution in [2.24, 2.45) is 0 Å². The molecule has 2 nitrogen and oxygen atoms in total. The van der Waals surface area contributed by atoms with Crippen molar-refractivity contribution in [3.05, 3.63) is 29.8 Å². The smallest absolute Gasteiger partial charge is 0.406 e. The van der Waals surface area contributed by atoms with Crippen molar-refractivity contribution in [1.82, 2.24) is 5.32 Å². The molecule has 0 saturated heterocycles. The maximum atomic E-state index is 12.0. The third-order valence-electron chi connectivity index (χ3n) is 2.22. The topological polar surface area (TPSA) is 21.3 Å². The van der Waals surface area contributed by atoms with Crippen molar-refractivity contribution < 1.29 is 31.1 Å². The second kappa shape index (κ2) is 5.68. The first kappa shape index (κ1) is 15.6. The van der Waals surface area contributed by atoms with Gasteiger partial charge in [0.15, 0.2) is 0 Å². The third kappa shape index (κ3) is 6.32. The molecule has 108 valence electrons. The lowest BCUT2D eigenvalue weighted by molar-refractivity contribution is -0.274. The highest BCUT2D eigenvalue weighted by atomic mass is 19.4. The molecule has 0 amide bonds. The van der Waals surface area contributed by atoms with Gasteiger partial charge in [0.1, 0.15) is 5.75 Å². The molecule has 0 saturated carbocycles. The van der Waals surface area contributed by atoms with Gasteiger partial charge in [-0.25, -0.2) is 0 Å². The van der Waals surface area contributed by atoms with Gasteiger partial charge in [0, 0.05) is 6.04 Å². The molecule has 0 aliphatic rings. The number of halogens is 6. The van der Waals surface area contributed by atoms with Crippen LogP contribution >= 0.6 is 0 Å². The summed E-state index contributed by atoms with van der Waals surface area (Å²) in [7, 11) is 0. The van der Waals surface area contributed by atoms with Gasteiger partial charge in [-0.05, 0) is 24.6 Å². The highest BCUT2D eigenvalue weighted by Crippen LogP contribution is 2.24. The van der Waals surface area contributed by atoms with E-state index in [1.165, 1.54) is 19.1 Å². The molecule has 19 heavy (non-hydrogen) atoms. The van der Waals surface area contributed by atoms with Crippen LogP contribution in [0, 0.1) is 0 Å². The van der Waals surface area contributed by atoms with Gasteiger partial charge >= 0.3 is 12.5 Å². The van der Waals surface area contributed by atoms with Crippen LogP contribution in [0.15, 0.2) is 24.3 Å². The lowest BCUT2D eigenvalue weighted by Gasteiger charge is -2.16. The molecule has 0 aliphatic heterocycles. The van der Waals surface area contributed by atoms with Crippen LogP contribution in [0.4, 0.5) is 26.3 Å². The number of nitrogens with one attached hydrogen (secondary N) is 1. The minimum absolute atomic E-state index is 0.417. The minimum atomic E-state index is -4.79. The Labute approximate surface area is 105 Å². The maximum absolute atomic E-state index is 12.0. The summed E-state index contributed by atoms with van der Waals surface area (Å²) in [6.07, 6.45) is -9.13. The molecular weight excluding hydrogens is 276 g/mol. The summed E-state index contributed by atoms with van der Waals surface area (Å²) in [6.45, 7) is 0.306. The Kier molecular flexibility index (Phi) is 4.67. The minimum Gasteiger partial charge on any atom is -0.406 e. The number of hydrogen-bond donors (Lipinski definition) is 1. The van der Waals surface area contributed by atoms with E-state index in [1.807, 2.05) is 0 Å². The molecule has 1 rings (SSSR count). The fourth-order valence-corrected chi connectivity index (χ4v) is 1.34. The lowest BCUT2D eigenvalue weighted by Crippen LogP contribution is -2.30. The van der Waals surface area contributed by atoms with Crippen LogP contribution in [0.25, 0.3) is 0 Å². The summed E-state index contributed by atoms with van der Waals surface area (Å²) in [6, 6.07) is 4.01. The second-order valence-corrected chi connectivity index (χ2v) is 3.83. The fraction of sp³-hybridized carbons (Fsp3) is 0.455. The number of benzene rings is 1. The van der Waals surface area contributed by atoms with E-state index in [-0.39, 0.29) is 0 Å². The molecule has 0 aromatic heterocycles. The van der Waals surface area contributed by atoms with Gasteiger partial charge in [-0.15, -0.1) is 13.2 Å². The van der Waals surface area contributed by atoms with Gasteiger partial charge in [0.05, 0.1) is 6.54 Å². The van der Waals surface area contributed by atoms with Crippen molar-refractivity contribution >= 4 is 0 Å². The molecule has 0 bridgehead atoms. The lowest BCUT2D eigenvalue weighted by atomic mass is 10.1. The summed E-state index contributed by atoms with van der Waals surface area (Å²) < 4.78 is 75.3. The summed E-state index contributed by atoms with van der Waals surface area (Å²) in [5.41, 5.74) is 0.429. The predicted molar refractivity (Wildman–Crippen MR) is 55.6 cm³/mol. The van der Waals surface area contributed by atoms with E-state index in [1.54, 1.807) is 0 Å². The molecule has 1 N–H and O–H groups in total. The molecule has 8 heteroatoms. The van der Waals surface area contributed by atoms with Crippen LogP contribution in [0.1, 0.15) is 18.5 Å². The monoisotopic (exact) mass is 287 g/mol. The Bertz CT molecular complexity index is 397. The summed E-state index contributed by atoms with van der Waals surface area (Å²) in [5, 5.41) is 2.22. The van der Waals surface area contributed by atoms with Crippen LogP contribution in [0.2, 0.25) is 0 Å². The average molecular weight is 287 g/mol. The standard InChI is InChI=1S/C11H11F6NO/c1-7(18-6-10(12,13)14)8-2-4-9(5-3-8)19-11(15,16)17/h2-5,7,18H,6H2,1H3. The average Bonchev–Trinajstić information content (AvgIpc) is 2.23. The number of hydrogen-bond acceptors (Lipinski definition) is 2. The normalized spacial score (nSPS) is 14.3. The Balaban J connectivity index is 2.60.